The molecule has 4 heterocycles. The summed E-state index contributed by atoms with van der Waals surface area (Å²) in [7, 11) is 0. The fourth-order valence-electron chi connectivity index (χ4n) is 3.89. The molecule has 0 radical (unpaired) electrons. The summed E-state index contributed by atoms with van der Waals surface area (Å²) in [6.45, 7) is 7.39. The van der Waals surface area contributed by atoms with Gasteiger partial charge in [-0.2, -0.15) is 18.3 Å². The van der Waals surface area contributed by atoms with Crippen LogP contribution < -0.4 is 4.90 Å². The summed E-state index contributed by atoms with van der Waals surface area (Å²) in [5, 5.41) is 15.7. The van der Waals surface area contributed by atoms with E-state index in [2.05, 4.69) is 43.2 Å². The minimum absolute atomic E-state index is 0.113. The monoisotopic (exact) mass is 453 g/mol. The summed E-state index contributed by atoms with van der Waals surface area (Å²) in [6, 6.07) is 10.2. The van der Waals surface area contributed by atoms with Gasteiger partial charge in [0.25, 0.3) is 0 Å². The molecule has 2 aromatic rings. The Kier molecular flexibility index (Phi) is 7.62. The van der Waals surface area contributed by atoms with Crippen LogP contribution in [0.5, 0.6) is 0 Å². The number of rotatable bonds is 3. The largest absolute Gasteiger partial charge is 0.490 e. The Bertz CT molecular complexity index is 878. The van der Waals surface area contributed by atoms with Crippen molar-refractivity contribution in [2.45, 2.75) is 38.1 Å². The second-order valence-electron chi connectivity index (χ2n) is 7.92. The molecule has 0 amide bonds. The molecule has 1 unspecified atom stereocenters. The van der Waals surface area contributed by atoms with E-state index in [1.807, 2.05) is 25.3 Å². The maximum absolute atomic E-state index is 10.6. The number of carboxylic acids is 1. The maximum atomic E-state index is 10.6. The third kappa shape index (κ3) is 6.60. The van der Waals surface area contributed by atoms with E-state index in [-0.39, 0.29) is 5.60 Å². The zero-order valence-electron chi connectivity index (χ0n) is 17.8. The summed E-state index contributed by atoms with van der Waals surface area (Å²) >= 11 is 0. The van der Waals surface area contributed by atoms with Crippen LogP contribution in [0.25, 0.3) is 0 Å². The normalized spacial score (nSPS) is 21.7. The molecule has 1 atom stereocenters. The van der Waals surface area contributed by atoms with Crippen molar-refractivity contribution in [2.24, 2.45) is 0 Å². The molecule has 1 N–H and O–H groups in total. The highest BCUT2D eigenvalue weighted by molar-refractivity contribution is 5.73. The van der Waals surface area contributed by atoms with Crippen LogP contribution >= 0.6 is 0 Å². The van der Waals surface area contributed by atoms with Gasteiger partial charge in [0, 0.05) is 32.4 Å². The molecule has 2 aliphatic rings. The van der Waals surface area contributed by atoms with Crippen LogP contribution in [0.1, 0.15) is 24.2 Å². The average Bonchev–Trinajstić information content (AvgIpc) is 2.75. The van der Waals surface area contributed by atoms with E-state index in [1.165, 1.54) is 0 Å². The SMILES string of the molecule is Cc1ccc(N2CCOC3(CCCN(Cc4ccccn4)C3)C2)nn1.O=C(O)C(F)(F)F. The predicted octanol–water partition coefficient (Wildman–Crippen LogP) is 2.68. The van der Waals surface area contributed by atoms with Crippen molar-refractivity contribution in [1.82, 2.24) is 20.1 Å². The number of likely N-dealkylation sites (tertiary alicyclic amines) is 1. The number of hydrogen-bond acceptors (Lipinski definition) is 7. The van der Waals surface area contributed by atoms with Gasteiger partial charge in [-0.05, 0) is 50.6 Å². The number of hydrogen-bond donors (Lipinski definition) is 1. The lowest BCUT2D eigenvalue weighted by Crippen LogP contribution is -2.59. The van der Waals surface area contributed by atoms with Gasteiger partial charge >= 0.3 is 12.1 Å². The number of pyridine rings is 1. The Hall–Kier alpha value is -2.79. The molecule has 32 heavy (non-hydrogen) atoms. The number of anilines is 1. The van der Waals surface area contributed by atoms with Gasteiger partial charge in [-0.15, -0.1) is 5.10 Å². The Morgan fingerprint density at radius 1 is 1.19 bits per heavy atom. The zero-order valence-corrected chi connectivity index (χ0v) is 17.8. The van der Waals surface area contributed by atoms with Gasteiger partial charge < -0.3 is 14.7 Å². The van der Waals surface area contributed by atoms with Crippen LogP contribution in [0.2, 0.25) is 0 Å². The molecule has 2 aliphatic heterocycles. The number of ether oxygens (including phenoxy) is 1. The molecule has 0 aliphatic carbocycles. The van der Waals surface area contributed by atoms with Gasteiger partial charge in [0.15, 0.2) is 5.82 Å². The van der Waals surface area contributed by atoms with E-state index in [0.29, 0.717) is 0 Å². The molecule has 0 bridgehead atoms. The first-order chi connectivity index (χ1) is 15.2. The fourth-order valence-corrected chi connectivity index (χ4v) is 3.89. The van der Waals surface area contributed by atoms with E-state index >= 15 is 0 Å². The van der Waals surface area contributed by atoms with Crippen molar-refractivity contribution >= 4 is 11.8 Å². The molecule has 11 heteroatoms. The van der Waals surface area contributed by atoms with Crippen LogP contribution in [0.15, 0.2) is 36.5 Å². The van der Waals surface area contributed by atoms with Gasteiger partial charge in [-0.3, -0.25) is 9.88 Å². The number of aliphatic carboxylic acids is 1. The Morgan fingerprint density at radius 3 is 2.59 bits per heavy atom. The van der Waals surface area contributed by atoms with Crippen molar-refractivity contribution in [3.8, 4) is 0 Å². The highest BCUT2D eigenvalue weighted by Crippen LogP contribution is 2.31. The quantitative estimate of drug-likeness (QED) is 0.759. The van der Waals surface area contributed by atoms with Gasteiger partial charge in [0.05, 0.1) is 23.6 Å². The molecule has 0 aromatic carbocycles. The Balaban J connectivity index is 0.000000360. The van der Waals surface area contributed by atoms with Gasteiger partial charge in [0.1, 0.15) is 0 Å². The number of aromatic nitrogens is 3. The lowest BCUT2D eigenvalue weighted by atomic mass is 9.90. The second kappa shape index (κ2) is 10.2. The smallest absolute Gasteiger partial charge is 0.475 e. The summed E-state index contributed by atoms with van der Waals surface area (Å²) in [4.78, 5) is 18.1. The molecular weight excluding hydrogens is 427 g/mol. The number of alkyl halides is 3. The molecule has 2 aromatic heterocycles. The summed E-state index contributed by atoms with van der Waals surface area (Å²) in [5.74, 6) is -1.80. The fraction of sp³-hybridized carbons (Fsp3) is 0.524. The van der Waals surface area contributed by atoms with Crippen molar-refractivity contribution in [1.29, 1.82) is 0 Å². The summed E-state index contributed by atoms with van der Waals surface area (Å²) in [6.07, 6.45) is -0.967. The van der Waals surface area contributed by atoms with E-state index in [1.54, 1.807) is 0 Å². The summed E-state index contributed by atoms with van der Waals surface area (Å²) in [5.41, 5.74) is 1.96. The third-order valence-electron chi connectivity index (χ3n) is 5.33. The molecule has 2 saturated heterocycles. The summed E-state index contributed by atoms with van der Waals surface area (Å²) < 4.78 is 38.0. The highest BCUT2D eigenvalue weighted by Gasteiger charge is 2.41. The van der Waals surface area contributed by atoms with Crippen LogP contribution in [-0.2, 0) is 16.1 Å². The van der Waals surface area contributed by atoms with E-state index < -0.39 is 12.1 Å². The van der Waals surface area contributed by atoms with E-state index in [0.717, 1.165) is 69.4 Å². The first kappa shape index (κ1) is 23.9. The average molecular weight is 453 g/mol. The molecule has 8 nitrogen and oxygen atoms in total. The van der Waals surface area contributed by atoms with Gasteiger partial charge in [0.2, 0.25) is 0 Å². The van der Waals surface area contributed by atoms with Crippen molar-refractivity contribution in [2.75, 3.05) is 37.7 Å². The lowest BCUT2D eigenvalue weighted by molar-refractivity contribution is -0.192. The van der Waals surface area contributed by atoms with Crippen LogP contribution in [0.3, 0.4) is 0 Å². The number of nitrogens with zero attached hydrogens (tertiary/aromatic N) is 5. The Morgan fingerprint density at radius 2 is 1.97 bits per heavy atom. The highest BCUT2D eigenvalue weighted by atomic mass is 19.4. The van der Waals surface area contributed by atoms with E-state index in [9.17, 15) is 13.2 Å². The number of morpholine rings is 1. The Labute approximate surface area is 184 Å². The van der Waals surface area contributed by atoms with Crippen LogP contribution in [0, 0.1) is 6.92 Å². The third-order valence-corrected chi connectivity index (χ3v) is 5.33. The van der Waals surface area contributed by atoms with E-state index in [4.69, 9.17) is 14.6 Å². The number of halogens is 3. The molecular formula is C21H26F3N5O3. The van der Waals surface area contributed by atoms with Crippen molar-refractivity contribution in [3.05, 3.63) is 47.9 Å². The maximum Gasteiger partial charge on any atom is 0.490 e. The first-order valence-corrected chi connectivity index (χ1v) is 10.3. The molecule has 4 rings (SSSR count). The van der Waals surface area contributed by atoms with Crippen molar-refractivity contribution < 1.29 is 27.8 Å². The minimum Gasteiger partial charge on any atom is -0.475 e. The van der Waals surface area contributed by atoms with Crippen LogP contribution in [-0.4, -0.2) is 75.7 Å². The lowest BCUT2D eigenvalue weighted by Gasteiger charge is -2.48. The second-order valence-corrected chi connectivity index (χ2v) is 7.92. The molecule has 0 saturated carbocycles. The topological polar surface area (TPSA) is 91.7 Å². The first-order valence-electron chi connectivity index (χ1n) is 10.3. The standard InChI is InChI=1S/C19H25N5O.C2HF3O2/c1-16-6-7-18(22-21-16)24-11-12-25-19(15-24)8-4-10-23(14-19)13-17-5-2-3-9-20-17;3-2(4,5)1(6)7/h2-3,5-7,9H,4,8,10-15H2,1H3;(H,6,7). The number of piperidine rings is 1. The molecule has 1 spiro atoms. The minimum atomic E-state index is -5.08. The van der Waals surface area contributed by atoms with Gasteiger partial charge in [-0.25, -0.2) is 4.79 Å². The predicted molar refractivity (Wildman–Crippen MR) is 110 cm³/mol. The van der Waals surface area contributed by atoms with Gasteiger partial charge in [-0.1, -0.05) is 6.07 Å². The zero-order chi connectivity index (χ0) is 23.2. The number of aryl methyl sites for hydroxylation is 1. The molecule has 2 fully saturated rings. The number of carbonyl (C=O) groups is 1. The van der Waals surface area contributed by atoms with Crippen molar-refractivity contribution in [3.63, 3.8) is 0 Å². The van der Waals surface area contributed by atoms with Crippen LogP contribution in [0.4, 0.5) is 19.0 Å². The molecule has 174 valence electrons. The number of carboxylic acid groups (broad SMARTS) is 1.